The second-order valence-electron chi connectivity index (χ2n) is 6.27. The number of benzene rings is 1. The van der Waals surface area contributed by atoms with E-state index in [0.717, 1.165) is 31.4 Å². The number of anilines is 1. The predicted molar refractivity (Wildman–Crippen MR) is 97.2 cm³/mol. The maximum atomic E-state index is 11.9. The highest BCUT2D eigenvalue weighted by atomic mass is 16.5. The largest absolute Gasteiger partial charge is 0.491 e. The van der Waals surface area contributed by atoms with Crippen molar-refractivity contribution in [1.82, 2.24) is 5.32 Å². The maximum Gasteiger partial charge on any atom is 0.313 e. The molecule has 0 heterocycles. The molecule has 0 fully saturated rings. The Morgan fingerprint density at radius 1 is 1.08 bits per heavy atom. The van der Waals surface area contributed by atoms with E-state index >= 15 is 0 Å². The lowest BCUT2D eigenvalue weighted by Gasteiger charge is -2.15. The zero-order chi connectivity index (χ0) is 17.9. The monoisotopic (exact) mass is 334 g/mol. The number of nitrogens with one attached hydrogen (secondary N) is 2. The molecule has 0 saturated carbocycles. The average molecular weight is 334 g/mol. The topological polar surface area (TPSA) is 67.4 Å². The van der Waals surface area contributed by atoms with Crippen LogP contribution in [0.15, 0.2) is 24.3 Å². The SMILES string of the molecule is CCCC[C@@H](CC)CNC(=O)C(=O)Nc1ccc(OC(C)C)cc1. The van der Waals surface area contributed by atoms with Crippen LogP contribution in [0.1, 0.15) is 53.4 Å². The minimum absolute atomic E-state index is 0.0930. The van der Waals surface area contributed by atoms with E-state index in [4.69, 9.17) is 4.74 Å². The van der Waals surface area contributed by atoms with Gasteiger partial charge in [-0.15, -0.1) is 0 Å². The zero-order valence-electron chi connectivity index (χ0n) is 15.2. The van der Waals surface area contributed by atoms with E-state index in [1.165, 1.54) is 0 Å². The van der Waals surface area contributed by atoms with E-state index in [-0.39, 0.29) is 6.10 Å². The van der Waals surface area contributed by atoms with Crippen molar-refractivity contribution in [3.8, 4) is 5.75 Å². The minimum atomic E-state index is -0.641. The summed E-state index contributed by atoms with van der Waals surface area (Å²) in [4.78, 5) is 23.8. The second kappa shape index (κ2) is 10.7. The van der Waals surface area contributed by atoms with Crippen molar-refractivity contribution < 1.29 is 14.3 Å². The van der Waals surface area contributed by atoms with Gasteiger partial charge in [0, 0.05) is 12.2 Å². The van der Waals surface area contributed by atoms with Gasteiger partial charge in [-0.3, -0.25) is 9.59 Å². The van der Waals surface area contributed by atoms with Gasteiger partial charge in [-0.2, -0.15) is 0 Å². The average Bonchev–Trinajstić information content (AvgIpc) is 2.56. The molecular formula is C19H30N2O3. The first-order valence-electron chi connectivity index (χ1n) is 8.82. The van der Waals surface area contributed by atoms with Gasteiger partial charge < -0.3 is 15.4 Å². The Balaban J connectivity index is 2.44. The van der Waals surface area contributed by atoms with Gasteiger partial charge in [0.1, 0.15) is 5.75 Å². The lowest BCUT2D eigenvalue weighted by atomic mass is 9.99. The summed E-state index contributed by atoms with van der Waals surface area (Å²) in [6.45, 7) is 8.70. The molecule has 0 aliphatic carbocycles. The van der Waals surface area contributed by atoms with Crippen LogP contribution in [-0.2, 0) is 9.59 Å². The number of rotatable bonds is 9. The van der Waals surface area contributed by atoms with Crippen molar-refractivity contribution in [2.45, 2.75) is 59.5 Å². The number of unbranched alkanes of at least 4 members (excludes halogenated alkanes) is 1. The standard InChI is InChI=1S/C19H30N2O3/c1-5-7-8-15(6-2)13-20-18(22)19(23)21-16-9-11-17(12-10-16)24-14(3)4/h9-12,14-15H,5-8,13H2,1-4H3,(H,20,22)(H,21,23)/t15-/m1/s1. The minimum Gasteiger partial charge on any atom is -0.491 e. The van der Waals surface area contributed by atoms with Crippen molar-refractivity contribution in [2.24, 2.45) is 5.92 Å². The third-order valence-electron chi connectivity index (χ3n) is 3.78. The van der Waals surface area contributed by atoms with Crippen LogP contribution in [0.25, 0.3) is 0 Å². The van der Waals surface area contributed by atoms with Crippen molar-refractivity contribution >= 4 is 17.5 Å². The van der Waals surface area contributed by atoms with Crippen LogP contribution in [0.4, 0.5) is 5.69 Å². The molecule has 5 nitrogen and oxygen atoms in total. The summed E-state index contributed by atoms with van der Waals surface area (Å²) < 4.78 is 5.54. The third-order valence-corrected chi connectivity index (χ3v) is 3.78. The molecule has 0 spiro atoms. The van der Waals surface area contributed by atoms with Crippen LogP contribution in [-0.4, -0.2) is 24.5 Å². The molecule has 0 saturated heterocycles. The molecule has 0 aliphatic rings. The number of amides is 2. The molecule has 0 aromatic heterocycles. The Morgan fingerprint density at radius 3 is 2.29 bits per heavy atom. The van der Waals surface area contributed by atoms with Gasteiger partial charge in [0.2, 0.25) is 0 Å². The van der Waals surface area contributed by atoms with Gasteiger partial charge in [-0.1, -0.05) is 33.1 Å². The molecule has 1 rings (SSSR count). The smallest absolute Gasteiger partial charge is 0.313 e. The fraction of sp³-hybridized carbons (Fsp3) is 0.579. The Kier molecular flexibility index (Phi) is 8.90. The molecule has 1 atom stereocenters. The second-order valence-corrected chi connectivity index (χ2v) is 6.27. The summed E-state index contributed by atoms with van der Waals surface area (Å²) in [5.41, 5.74) is 0.573. The highest BCUT2D eigenvalue weighted by Crippen LogP contribution is 2.17. The molecule has 0 radical (unpaired) electrons. The van der Waals surface area contributed by atoms with Crippen LogP contribution in [0.5, 0.6) is 5.75 Å². The first kappa shape index (κ1) is 20.0. The fourth-order valence-corrected chi connectivity index (χ4v) is 2.34. The third kappa shape index (κ3) is 7.49. The molecule has 2 N–H and O–H groups in total. The summed E-state index contributed by atoms with van der Waals surface area (Å²) in [5.74, 6) is -0.0753. The summed E-state index contributed by atoms with van der Waals surface area (Å²) in [5, 5.41) is 5.33. The number of ether oxygens (including phenoxy) is 1. The van der Waals surface area contributed by atoms with E-state index in [1.54, 1.807) is 24.3 Å². The fourth-order valence-electron chi connectivity index (χ4n) is 2.34. The van der Waals surface area contributed by atoms with Gasteiger partial charge >= 0.3 is 11.8 Å². The van der Waals surface area contributed by atoms with E-state index in [9.17, 15) is 9.59 Å². The van der Waals surface area contributed by atoms with E-state index < -0.39 is 11.8 Å². The lowest BCUT2D eigenvalue weighted by Crippen LogP contribution is -2.38. The Hall–Kier alpha value is -2.04. The van der Waals surface area contributed by atoms with Crippen LogP contribution >= 0.6 is 0 Å². The molecule has 2 amide bonds. The normalized spacial score (nSPS) is 11.9. The first-order valence-corrected chi connectivity index (χ1v) is 8.82. The molecule has 1 aromatic rings. The predicted octanol–water partition coefficient (Wildman–Crippen LogP) is 3.74. The van der Waals surface area contributed by atoms with Crippen molar-refractivity contribution in [3.63, 3.8) is 0 Å². The summed E-state index contributed by atoms with van der Waals surface area (Å²) in [6, 6.07) is 6.98. The van der Waals surface area contributed by atoms with Gasteiger partial charge in [0.25, 0.3) is 0 Å². The van der Waals surface area contributed by atoms with Crippen LogP contribution in [0, 0.1) is 5.92 Å². The number of hydrogen-bond acceptors (Lipinski definition) is 3. The highest BCUT2D eigenvalue weighted by Gasteiger charge is 2.15. The number of hydrogen-bond donors (Lipinski definition) is 2. The molecule has 24 heavy (non-hydrogen) atoms. The molecule has 5 heteroatoms. The Bertz CT molecular complexity index is 512. The Labute approximate surface area is 145 Å². The van der Waals surface area contributed by atoms with E-state index in [0.29, 0.717) is 18.2 Å². The first-order chi connectivity index (χ1) is 11.5. The molecule has 1 aromatic carbocycles. The van der Waals surface area contributed by atoms with Crippen molar-refractivity contribution in [3.05, 3.63) is 24.3 Å². The molecule has 0 bridgehead atoms. The summed E-state index contributed by atoms with van der Waals surface area (Å²) in [7, 11) is 0. The number of carbonyl (C=O) groups is 2. The van der Waals surface area contributed by atoms with Crippen LogP contribution in [0.3, 0.4) is 0 Å². The lowest BCUT2D eigenvalue weighted by molar-refractivity contribution is -0.136. The van der Waals surface area contributed by atoms with Crippen LogP contribution < -0.4 is 15.4 Å². The highest BCUT2D eigenvalue weighted by molar-refractivity contribution is 6.39. The van der Waals surface area contributed by atoms with E-state index in [2.05, 4.69) is 24.5 Å². The quantitative estimate of drug-likeness (QED) is 0.676. The molecule has 0 unspecified atom stereocenters. The van der Waals surface area contributed by atoms with Crippen LogP contribution in [0.2, 0.25) is 0 Å². The zero-order valence-corrected chi connectivity index (χ0v) is 15.2. The van der Waals surface area contributed by atoms with Crippen molar-refractivity contribution in [1.29, 1.82) is 0 Å². The van der Waals surface area contributed by atoms with Gasteiger partial charge in [0.05, 0.1) is 6.10 Å². The Morgan fingerprint density at radius 2 is 1.75 bits per heavy atom. The summed E-state index contributed by atoms with van der Waals surface area (Å²) in [6.07, 6.45) is 4.45. The van der Waals surface area contributed by atoms with Crippen molar-refractivity contribution in [2.75, 3.05) is 11.9 Å². The molecular weight excluding hydrogens is 304 g/mol. The molecule has 0 aliphatic heterocycles. The van der Waals surface area contributed by atoms with Gasteiger partial charge in [0.15, 0.2) is 0 Å². The van der Waals surface area contributed by atoms with Gasteiger partial charge in [-0.05, 0) is 50.5 Å². The maximum absolute atomic E-state index is 11.9. The van der Waals surface area contributed by atoms with E-state index in [1.807, 2.05) is 13.8 Å². The summed E-state index contributed by atoms with van der Waals surface area (Å²) >= 11 is 0. The molecule has 134 valence electrons. The van der Waals surface area contributed by atoms with Gasteiger partial charge in [-0.25, -0.2) is 0 Å². The number of carbonyl (C=O) groups excluding carboxylic acids is 2.